The highest BCUT2D eigenvalue weighted by atomic mass is 19.1. The smallest absolute Gasteiger partial charge is 0.231 e. The van der Waals surface area contributed by atoms with E-state index in [9.17, 15) is 14.0 Å². The van der Waals surface area contributed by atoms with Crippen molar-refractivity contribution in [2.24, 2.45) is 0 Å². The molecule has 2 unspecified atom stereocenters. The van der Waals surface area contributed by atoms with Gasteiger partial charge in [-0.25, -0.2) is 4.39 Å². The molecule has 1 saturated heterocycles. The van der Waals surface area contributed by atoms with Gasteiger partial charge >= 0.3 is 0 Å². The molecule has 0 spiro atoms. The summed E-state index contributed by atoms with van der Waals surface area (Å²) in [5.41, 5.74) is 1.13. The first-order chi connectivity index (χ1) is 11.1. The van der Waals surface area contributed by atoms with Crippen molar-refractivity contribution in [2.75, 3.05) is 25.0 Å². The third-order valence-electron chi connectivity index (χ3n) is 4.58. The summed E-state index contributed by atoms with van der Waals surface area (Å²) in [5.74, 6) is -1.19. The molecular formula is C17H22FN3O2. The molecule has 2 amide bonds. The summed E-state index contributed by atoms with van der Waals surface area (Å²) in [6.07, 6.45) is 1.93. The maximum Gasteiger partial charge on any atom is 0.231 e. The minimum Gasteiger partial charge on any atom is -0.338 e. The van der Waals surface area contributed by atoms with E-state index in [0.29, 0.717) is 17.8 Å². The van der Waals surface area contributed by atoms with Crippen LogP contribution in [0.15, 0.2) is 18.2 Å². The van der Waals surface area contributed by atoms with Gasteiger partial charge in [-0.3, -0.25) is 9.59 Å². The maximum absolute atomic E-state index is 13.4. The molecule has 6 heteroatoms. The average Bonchev–Trinajstić information content (AvgIpc) is 3.04. The number of carbonyl (C=O) groups excluding carboxylic acids is 2. The molecule has 2 aliphatic rings. The Bertz CT molecular complexity index is 614. The van der Waals surface area contributed by atoms with Crippen molar-refractivity contribution in [2.45, 2.75) is 38.1 Å². The van der Waals surface area contributed by atoms with Crippen LogP contribution in [-0.4, -0.2) is 42.4 Å². The van der Waals surface area contributed by atoms with Crippen LogP contribution in [0.4, 0.5) is 10.1 Å². The van der Waals surface area contributed by atoms with Crippen LogP contribution in [0, 0.1) is 5.82 Å². The monoisotopic (exact) mass is 319 g/mol. The number of nitrogens with one attached hydrogen (secondary N) is 2. The van der Waals surface area contributed by atoms with Gasteiger partial charge in [0, 0.05) is 31.2 Å². The van der Waals surface area contributed by atoms with Crippen LogP contribution >= 0.6 is 0 Å². The van der Waals surface area contributed by atoms with Crippen molar-refractivity contribution in [1.29, 1.82) is 0 Å². The second-order valence-electron chi connectivity index (χ2n) is 6.21. The topological polar surface area (TPSA) is 61.4 Å². The molecule has 0 saturated carbocycles. The fourth-order valence-electron chi connectivity index (χ4n) is 3.48. The quantitative estimate of drug-likeness (QED) is 0.890. The second-order valence-corrected chi connectivity index (χ2v) is 6.21. The van der Waals surface area contributed by atoms with Gasteiger partial charge in [0.25, 0.3) is 0 Å². The third kappa shape index (κ3) is 3.22. The number of rotatable bonds is 4. The van der Waals surface area contributed by atoms with E-state index in [1.165, 1.54) is 12.1 Å². The average molecular weight is 319 g/mol. The zero-order valence-electron chi connectivity index (χ0n) is 13.3. The lowest BCUT2D eigenvalue weighted by Gasteiger charge is -2.34. The predicted molar refractivity (Wildman–Crippen MR) is 85.7 cm³/mol. The summed E-state index contributed by atoms with van der Waals surface area (Å²) in [4.78, 5) is 26.9. The highest BCUT2D eigenvalue weighted by molar-refractivity contribution is 6.01. The number of benzene rings is 1. The van der Waals surface area contributed by atoms with Crippen molar-refractivity contribution >= 4 is 17.5 Å². The predicted octanol–water partition coefficient (Wildman–Crippen LogP) is 1.85. The SMILES string of the molecule is CCCN(C(=O)C1CC(=O)Nc2cc(F)ccc21)C1CCNC1. The van der Waals surface area contributed by atoms with Crippen LogP contribution in [0.25, 0.3) is 0 Å². The van der Waals surface area contributed by atoms with E-state index >= 15 is 0 Å². The van der Waals surface area contributed by atoms with E-state index in [1.54, 1.807) is 6.07 Å². The Hall–Kier alpha value is -1.95. The Morgan fingerprint density at radius 1 is 1.43 bits per heavy atom. The number of fused-ring (bicyclic) bond motifs is 1. The molecular weight excluding hydrogens is 297 g/mol. The molecule has 0 bridgehead atoms. The highest BCUT2D eigenvalue weighted by Gasteiger charge is 2.36. The molecule has 2 N–H and O–H groups in total. The number of amides is 2. The fourth-order valence-corrected chi connectivity index (χ4v) is 3.48. The van der Waals surface area contributed by atoms with Gasteiger partial charge < -0.3 is 15.5 Å². The summed E-state index contributed by atoms with van der Waals surface area (Å²) in [6, 6.07) is 4.42. The molecule has 23 heavy (non-hydrogen) atoms. The minimum absolute atomic E-state index is 0.0248. The number of carbonyl (C=O) groups is 2. The van der Waals surface area contributed by atoms with Crippen LogP contribution in [0.1, 0.15) is 37.7 Å². The molecule has 2 aliphatic heterocycles. The summed E-state index contributed by atoms with van der Waals surface area (Å²) < 4.78 is 13.4. The largest absolute Gasteiger partial charge is 0.338 e. The van der Waals surface area contributed by atoms with Crippen LogP contribution in [0.3, 0.4) is 0 Å². The number of halogens is 1. The standard InChI is InChI=1S/C17H22FN3O2/c1-2-7-21(12-5-6-19-10-12)17(23)14-9-16(22)20-15-8-11(18)3-4-13(14)15/h3-4,8,12,14,19H,2,5-7,9-10H2,1H3,(H,20,22). The molecule has 3 rings (SSSR count). The van der Waals surface area contributed by atoms with Crippen molar-refractivity contribution in [3.63, 3.8) is 0 Å². The van der Waals surface area contributed by atoms with Crippen LogP contribution in [-0.2, 0) is 9.59 Å². The van der Waals surface area contributed by atoms with Crippen LogP contribution in [0.5, 0.6) is 0 Å². The third-order valence-corrected chi connectivity index (χ3v) is 4.58. The van der Waals surface area contributed by atoms with Gasteiger partial charge in [0.15, 0.2) is 0 Å². The molecule has 0 aliphatic carbocycles. The first kappa shape index (κ1) is 15.9. The molecule has 0 radical (unpaired) electrons. The Labute approximate surface area is 135 Å². The lowest BCUT2D eigenvalue weighted by atomic mass is 9.88. The fraction of sp³-hybridized carbons (Fsp3) is 0.529. The molecule has 1 fully saturated rings. The van der Waals surface area contributed by atoms with Crippen molar-refractivity contribution in [1.82, 2.24) is 10.2 Å². The van der Waals surface area contributed by atoms with Crippen molar-refractivity contribution in [3.8, 4) is 0 Å². The lowest BCUT2D eigenvalue weighted by Crippen LogP contribution is -2.45. The van der Waals surface area contributed by atoms with E-state index in [1.807, 2.05) is 11.8 Å². The van der Waals surface area contributed by atoms with E-state index in [2.05, 4.69) is 10.6 Å². The van der Waals surface area contributed by atoms with E-state index < -0.39 is 11.7 Å². The normalized spacial score (nSPS) is 23.3. The summed E-state index contributed by atoms with van der Waals surface area (Å²) in [7, 11) is 0. The molecule has 1 aromatic rings. The molecule has 124 valence electrons. The number of anilines is 1. The first-order valence-electron chi connectivity index (χ1n) is 8.20. The number of nitrogens with zero attached hydrogens (tertiary/aromatic N) is 1. The van der Waals surface area contributed by atoms with Gasteiger partial charge in [-0.1, -0.05) is 13.0 Å². The number of hydrogen-bond acceptors (Lipinski definition) is 3. The minimum atomic E-state index is -0.522. The van der Waals surface area contributed by atoms with Crippen LogP contribution in [0.2, 0.25) is 0 Å². The van der Waals surface area contributed by atoms with E-state index in [0.717, 1.165) is 25.9 Å². The highest BCUT2D eigenvalue weighted by Crippen LogP contribution is 2.34. The van der Waals surface area contributed by atoms with Gasteiger partial charge in [-0.15, -0.1) is 0 Å². The molecule has 2 atom stereocenters. The summed E-state index contributed by atoms with van der Waals surface area (Å²) in [6.45, 7) is 4.42. The Balaban J connectivity index is 1.90. The Morgan fingerprint density at radius 3 is 2.96 bits per heavy atom. The van der Waals surface area contributed by atoms with Gasteiger partial charge in [-0.2, -0.15) is 0 Å². The van der Waals surface area contributed by atoms with Gasteiger partial charge in [0.05, 0.1) is 5.92 Å². The zero-order valence-corrected chi connectivity index (χ0v) is 13.3. The second kappa shape index (κ2) is 6.66. The van der Waals surface area contributed by atoms with Gasteiger partial charge in [-0.05, 0) is 37.1 Å². The van der Waals surface area contributed by atoms with Gasteiger partial charge in [0.1, 0.15) is 5.82 Å². The van der Waals surface area contributed by atoms with Crippen molar-refractivity contribution in [3.05, 3.63) is 29.6 Å². The summed E-state index contributed by atoms with van der Waals surface area (Å²) in [5, 5.41) is 5.95. The van der Waals surface area contributed by atoms with Gasteiger partial charge in [0.2, 0.25) is 11.8 Å². The first-order valence-corrected chi connectivity index (χ1v) is 8.20. The van der Waals surface area contributed by atoms with Crippen LogP contribution < -0.4 is 10.6 Å². The number of hydrogen-bond donors (Lipinski definition) is 2. The Kier molecular flexibility index (Phi) is 4.61. The van der Waals surface area contributed by atoms with E-state index in [-0.39, 0.29) is 24.3 Å². The maximum atomic E-state index is 13.4. The molecule has 5 nitrogen and oxygen atoms in total. The van der Waals surface area contributed by atoms with Crippen molar-refractivity contribution < 1.29 is 14.0 Å². The summed E-state index contributed by atoms with van der Waals surface area (Å²) >= 11 is 0. The Morgan fingerprint density at radius 2 is 2.26 bits per heavy atom. The zero-order chi connectivity index (χ0) is 16.4. The van der Waals surface area contributed by atoms with E-state index in [4.69, 9.17) is 0 Å². The molecule has 2 heterocycles. The lowest BCUT2D eigenvalue weighted by molar-refractivity contribution is -0.136. The molecule has 1 aromatic carbocycles. The molecule has 0 aromatic heterocycles.